The van der Waals surface area contributed by atoms with Crippen LogP contribution in [0.25, 0.3) is 11.4 Å². The van der Waals surface area contributed by atoms with Gasteiger partial charge in [0.2, 0.25) is 11.7 Å². The first-order valence-electron chi connectivity index (χ1n) is 16.5. The Balaban J connectivity index is 1.35. The summed E-state index contributed by atoms with van der Waals surface area (Å²) in [6, 6.07) is 1.09. The summed E-state index contributed by atoms with van der Waals surface area (Å²) in [5, 5.41) is 9.85. The zero-order valence-electron chi connectivity index (χ0n) is 28.4. The number of anilines is 2. The lowest BCUT2D eigenvalue weighted by Crippen LogP contribution is -2.51. The molecular weight excluding hydrogens is 678 g/mol. The second-order valence-corrected chi connectivity index (χ2v) is 12.7. The molecule has 1 saturated heterocycles. The first-order valence-corrected chi connectivity index (χ1v) is 16.5. The molecule has 0 unspecified atom stereocenters. The van der Waals surface area contributed by atoms with Crippen LogP contribution in [0.4, 0.5) is 28.9 Å². The molecule has 2 aliphatic rings. The highest BCUT2D eigenvalue weighted by Gasteiger charge is 2.35. The van der Waals surface area contributed by atoms with Gasteiger partial charge in [-0.3, -0.25) is 23.9 Å². The first kappa shape index (κ1) is 35.6. The van der Waals surface area contributed by atoms with Crippen molar-refractivity contribution in [1.82, 2.24) is 33.8 Å². The van der Waals surface area contributed by atoms with Gasteiger partial charge < -0.3 is 29.5 Å². The topological polar surface area (TPSA) is 152 Å². The minimum absolute atomic E-state index is 0.00457. The molecule has 4 aromatic rings. The molecule has 2 N–H and O–H groups in total. The second-order valence-electron chi connectivity index (χ2n) is 12.7. The zero-order valence-corrected chi connectivity index (χ0v) is 28.4. The number of aromatic amines is 1. The summed E-state index contributed by atoms with van der Waals surface area (Å²) in [5.74, 6) is -2.32. The highest BCUT2D eigenvalue weighted by molar-refractivity contribution is 5.94. The van der Waals surface area contributed by atoms with Gasteiger partial charge in [-0.15, -0.1) is 5.10 Å². The Morgan fingerprint density at radius 2 is 1.82 bits per heavy atom. The lowest BCUT2D eigenvalue weighted by Gasteiger charge is -2.36. The van der Waals surface area contributed by atoms with E-state index in [1.165, 1.54) is 22.4 Å². The van der Waals surface area contributed by atoms with Gasteiger partial charge in [0.15, 0.2) is 5.82 Å². The van der Waals surface area contributed by atoms with Crippen molar-refractivity contribution >= 4 is 34.5 Å². The van der Waals surface area contributed by atoms with Crippen molar-refractivity contribution in [2.75, 3.05) is 49.6 Å². The molecule has 0 radical (unpaired) electrons. The SMILES string of the molecule is CCc1c(N2CCN(C(=O)c3c[nH]n(C(C)C)c3=O)CC2)c(=O)n2nc(C3=CCOCC3)nc2n1CC(=O)Nc1cc(F)c(C(F)(F)F)cc1C. The second kappa shape index (κ2) is 13.8. The van der Waals surface area contributed by atoms with Crippen LogP contribution in [0, 0.1) is 12.7 Å². The molecule has 1 aromatic carbocycles. The van der Waals surface area contributed by atoms with Crippen molar-refractivity contribution in [3.05, 3.63) is 79.1 Å². The predicted molar refractivity (Wildman–Crippen MR) is 178 cm³/mol. The maximum atomic E-state index is 14.4. The van der Waals surface area contributed by atoms with Gasteiger partial charge >= 0.3 is 6.18 Å². The minimum Gasteiger partial charge on any atom is -0.377 e. The lowest BCUT2D eigenvalue weighted by atomic mass is 10.1. The Bertz CT molecular complexity index is 2150. The number of hydrogen-bond donors (Lipinski definition) is 2. The van der Waals surface area contributed by atoms with Crippen LogP contribution in [0.3, 0.4) is 0 Å². The maximum absolute atomic E-state index is 14.4. The quantitative estimate of drug-likeness (QED) is 0.264. The zero-order chi connectivity index (χ0) is 36.8. The Morgan fingerprint density at radius 1 is 1.10 bits per heavy atom. The molecular formula is C33H37F4N9O5. The summed E-state index contributed by atoms with van der Waals surface area (Å²) < 4.78 is 63.6. The van der Waals surface area contributed by atoms with Crippen LogP contribution in [0.15, 0.2) is 34.0 Å². The molecule has 6 rings (SSSR count). The molecule has 14 nitrogen and oxygen atoms in total. The number of fused-ring (bicyclic) bond motifs is 1. The van der Waals surface area contributed by atoms with Crippen molar-refractivity contribution in [1.29, 1.82) is 0 Å². The molecule has 2 amide bonds. The standard InChI is InChI=1S/C33H37F4N9O5/c1-5-25-27(42-8-10-43(11-9-42)29(48)21-16-38-45(18(2)3)30(21)49)31(50)46-32(40-28(41-46)20-6-12-51-13-7-20)44(25)17-26(47)39-24-15-23(34)22(14-19(24)4)33(35,36)37/h6,14-16,18,38H,5,7-13,17H2,1-4H3,(H,39,47). The summed E-state index contributed by atoms with van der Waals surface area (Å²) >= 11 is 0. The number of benzene rings is 1. The number of piperazine rings is 1. The molecule has 1 fully saturated rings. The van der Waals surface area contributed by atoms with Gasteiger partial charge in [0.05, 0.1) is 24.5 Å². The molecule has 0 aliphatic carbocycles. The van der Waals surface area contributed by atoms with Gasteiger partial charge in [0.1, 0.15) is 23.6 Å². The van der Waals surface area contributed by atoms with Gasteiger partial charge in [-0.25, -0.2) is 4.39 Å². The summed E-state index contributed by atoms with van der Waals surface area (Å²) in [4.78, 5) is 61.8. The number of nitrogens with one attached hydrogen (secondary N) is 2. The van der Waals surface area contributed by atoms with Gasteiger partial charge in [0, 0.05) is 44.1 Å². The molecule has 2 aliphatic heterocycles. The van der Waals surface area contributed by atoms with E-state index in [1.54, 1.807) is 22.8 Å². The molecule has 18 heteroatoms. The predicted octanol–water partition coefficient (Wildman–Crippen LogP) is 3.40. The van der Waals surface area contributed by atoms with E-state index in [0.717, 1.165) is 10.1 Å². The molecule has 272 valence electrons. The Kier molecular flexibility index (Phi) is 9.63. The van der Waals surface area contributed by atoms with Gasteiger partial charge in [-0.05, 0) is 56.9 Å². The van der Waals surface area contributed by atoms with Gasteiger partial charge in [-0.1, -0.05) is 13.0 Å². The van der Waals surface area contributed by atoms with Crippen LogP contribution in [0.5, 0.6) is 0 Å². The Labute approximate surface area is 288 Å². The summed E-state index contributed by atoms with van der Waals surface area (Å²) in [6.45, 7) is 7.92. The van der Waals surface area contributed by atoms with E-state index in [4.69, 9.17) is 4.74 Å². The molecule has 5 heterocycles. The monoisotopic (exact) mass is 715 g/mol. The van der Waals surface area contributed by atoms with E-state index in [9.17, 15) is 36.7 Å². The number of alkyl halides is 3. The minimum atomic E-state index is -4.91. The van der Waals surface area contributed by atoms with Crippen LogP contribution in [-0.2, 0) is 28.7 Å². The van der Waals surface area contributed by atoms with Crippen molar-refractivity contribution < 1.29 is 31.9 Å². The lowest BCUT2D eigenvalue weighted by molar-refractivity contribution is -0.140. The Hall–Kier alpha value is -5.26. The average Bonchev–Trinajstić information content (AvgIpc) is 3.72. The van der Waals surface area contributed by atoms with Crippen LogP contribution in [0.1, 0.15) is 66.2 Å². The number of carbonyl (C=O) groups excluding carboxylic acids is 2. The number of rotatable bonds is 8. The number of aryl methyl sites for hydroxylation is 1. The van der Waals surface area contributed by atoms with E-state index >= 15 is 0 Å². The number of H-pyrrole nitrogens is 1. The molecule has 3 aromatic heterocycles. The number of carbonyl (C=O) groups is 2. The fourth-order valence-electron chi connectivity index (χ4n) is 6.39. The van der Waals surface area contributed by atoms with Crippen LogP contribution in [-0.4, -0.2) is 85.1 Å². The van der Waals surface area contributed by atoms with Gasteiger partial charge in [-0.2, -0.15) is 22.7 Å². The first-order chi connectivity index (χ1) is 24.2. The molecule has 0 atom stereocenters. The number of amides is 2. The van der Waals surface area contributed by atoms with Crippen molar-refractivity contribution in [2.45, 2.75) is 59.3 Å². The van der Waals surface area contributed by atoms with Crippen LogP contribution in [0.2, 0.25) is 0 Å². The maximum Gasteiger partial charge on any atom is 0.419 e. The highest BCUT2D eigenvalue weighted by Crippen LogP contribution is 2.34. The number of aromatic nitrogens is 6. The fraction of sp³-hybridized carbons (Fsp3) is 0.455. The largest absolute Gasteiger partial charge is 0.419 e. The van der Waals surface area contributed by atoms with Crippen LogP contribution < -0.4 is 21.3 Å². The number of hydrogen-bond acceptors (Lipinski definition) is 8. The number of halogens is 4. The fourth-order valence-corrected chi connectivity index (χ4v) is 6.39. The number of ether oxygens (including phenoxy) is 1. The third-order valence-electron chi connectivity index (χ3n) is 9.03. The third-order valence-corrected chi connectivity index (χ3v) is 9.03. The van der Waals surface area contributed by atoms with Crippen molar-refractivity contribution in [3.8, 4) is 0 Å². The van der Waals surface area contributed by atoms with E-state index < -0.39 is 47.0 Å². The molecule has 51 heavy (non-hydrogen) atoms. The van der Waals surface area contributed by atoms with E-state index in [0.29, 0.717) is 37.5 Å². The molecule has 0 saturated carbocycles. The van der Waals surface area contributed by atoms with E-state index in [1.807, 2.05) is 13.8 Å². The molecule has 0 bridgehead atoms. The van der Waals surface area contributed by atoms with Gasteiger partial charge in [0.25, 0.3) is 17.0 Å². The summed E-state index contributed by atoms with van der Waals surface area (Å²) in [6.07, 6.45) is -0.955. The molecule has 0 spiro atoms. The average molecular weight is 716 g/mol. The third kappa shape index (κ3) is 6.79. The number of nitrogens with zero attached hydrogens (tertiary/aromatic N) is 7. The Morgan fingerprint density at radius 3 is 2.43 bits per heavy atom. The van der Waals surface area contributed by atoms with E-state index in [2.05, 4.69) is 20.5 Å². The summed E-state index contributed by atoms with van der Waals surface area (Å²) in [5.41, 5.74) is -1.05. The van der Waals surface area contributed by atoms with E-state index in [-0.39, 0.29) is 72.7 Å². The smallest absolute Gasteiger partial charge is 0.377 e. The summed E-state index contributed by atoms with van der Waals surface area (Å²) in [7, 11) is 0. The van der Waals surface area contributed by atoms with Crippen LogP contribution >= 0.6 is 0 Å². The highest BCUT2D eigenvalue weighted by atomic mass is 19.4. The van der Waals surface area contributed by atoms with Crippen molar-refractivity contribution in [3.63, 3.8) is 0 Å². The normalized spacial score (nSPS) is 15.5. The van der Waals surface area contributed by atoms with Crippen molar-refractivity contribution in [2.24, 2.45) is 0 Å².